The Morgan fingerprint density at radius 1 is 1.00 bits per heavy atom. The Hall–Kier alpha value is -2.43. The van der Waals surface area contributed by atoms with Gasteiger partial charge < -0.3 is 4.57 Å². The Morgan fingerprint density at radius 2 is 1.86 bits per heavy atom. The summed E-state index contributed by atoms with van der Waals surface area (Å²) in [7, 11) is 0. The van der Waals surface area contributed by atoms with Crippen molar-refractivity contribution in [3.8, 4) is 0 Å². The first-order valence-electron chi connectivity index (χ1n) is 7.24. The first-order chi connectivity index (χ1) is 10.3. The lowest BCUT2D eigenvalue weighted by Crippen LogP contribution is -2.20. The Morgan fingerprint density at radius 3 is 2.71 bits per heavy atom. The van der Waals surface area contributed by atoms with Crippen LogP contribution in [0.15, 0.2) is 54.1 Å². The fraction of sp³-hybridized carbons (Fsp3) is 0.312. The molecule has 0 radical (unpaired) electrons. The number of nitrogens with zero attached hydrogens (tertiary/aromatic N) is 4. The van der Waals surface area contributed by atoms with Gasteiger partial charge in [0, 0.05) is 25.5 Å². The van der Waals surface area contributed by atoms with Gasteiger partial charge in [0.15, 0.2) is 0 Å². The number of hydrogen-bond acceptors (Lipinski definition) is 3. The smallest absolute Gasteiger partial charge is 0.261 e. The topological polar surface area (TPSA) is 52.7 Å². The number of para-hydroxylation sites is 1. The molecule has 0 saturated carbocycles. The van der Waals surface area contributed by atoms with Crippen LogP contribution in [0.4, 0.5) is 0 Å². The third-order valence-electron chi connectivity index (χ3n) is 3.61. The zero-order valence-corrected chi connectivity index (χ0v) is 11.9. The van der Waals surface area contributed by atoms with Gasteiger partial charge in [-0.15, -0.1) is 0 Å². The van der Waals surface area contributed by atoms with Crippen molar-refractivity contribution in [3.63, 3.8) is 0 Å². The Bertz CT molecular complexity index is 761. The molecule has 0 amide bonds. The monoisotopic (exact) mass is 282 g/mol. The van der Waals surface area contributed by atoms with Gasteiger partial charge in [0.05, 0.1) is 23.6 Å². The molecule has 1 aromatic carbocycles. The third kappa shape index (κ3) is 3.18. The summed E-state index contributed by atoms with van der Waals surface area (Å²) in [6, 6.07) is 7.47. The van der Waals surface area contributed by atoms with Crippen LogP contribution in [0.25, 0.3) is 10.9 Å². The fourth-order valence-corrected chi connectivity index (χ4v) is 2.44. The minimum Gasteiger partial charge on any atom is -0.337 e. The number of aromatic nitrogens is 4. The van der Waals surface area contributed by atoms with Crippen molar-refractivity contribution in [2.24, 2.45) is 0 Å². The summed E-state index contributed by atoms with van der Waals surface area (Å²) in [6.45, 7) is 1.70. The second-order valence-corrected chi connectivity index (χ2v) is 5.12. The average molecular weight is 282 g/mol. The summed E-state index contributed by atoms with van der Waals surface area (Å²) in [6.07, 6.45) is 10.4. The maximum absolute atomic E-state index is 12.3. The van der Waals surface area contributed by atoms with E-state index in [1.165, 1.54) is 0 Å². The highest BCUT2D eigenvalue weighted by Gasteiger charge is 2.02. The van der Waals surface area contributed by atoms with Gasteiger partial charge in [-0.25, -0.2) is 9.97 Å². The number of imidazole rings is 1. The Balaban J connectivity index is 1.56. The zero-order chi connectivity index (χ0) is 14.5. The van der Waals surface area contributed by atoms with Crippen molar-refractivity contribution in [1.29, 1.82) is 0 Å². The summed E-state index contributed by atoms with van der Waals surface area (Å²) < 4.78 is 3.78. The Labute approximate surface area is 122 Å². The number of benzene rings is 1. The number of unbranched alkanes of at least 4 members (excludes halogenated alkanes) is 2. The molecule has 21 heavy (non-hydrogen) atoms. The van der Waals surface area contributed by atoms with Crippen molar-refractivity contribution in [2.75, 3.05) is 0 Å². The van der Waals surface area contributed by atoms with Crippen LogP contribution in [-0.4, -0.2) is 19.1 Å². The highest BCUT2D eigenvalue weighted by atomic mass is 16.1. The molecule has 0 atom stereocenters. The van der Waals surface area contributed by atoms with Crippen LogP contribution in [0.1, 0.15) is 19.3 Å². The van der Waals surface area contributed by atoms with E-state index in [9.17, 15) is 4.79 Å². The molecular weight excluding hydrogens is 264 g/mol. The first kappa shape index (κ1) is 13.5. The Kier molecular flexibility index (Phi) is 4.09. The maximum atomic E-state index is 12.3. The van der Waals surface area contributed by atoms with Gasteiger partial charge in [0.25, 0.3) is 5.56 Å². The van der Waals surface area contributed by atoms with Crippen molar-refractivity contribution < 1.29 is 0 Å². The largest absolute Gasteiger partial charge is 0.337 e. The average Bonchev–Trinajstić information content (AvgIpc) is 3.03. The number of rotatable bonds is 6. The van der Waals surface area contributed by atoms with Crippen molar-refractivity contribution in [2.45, 2.75) is 32.4 Å². The minimum atomic E-state index is 0.0511. The summed E-state index contributed by atoms with van der Waals surface area (Å²) >= 11 is 0. The molecule has 0 bridgehead atoms. The van der Waals surface area contributed by atoms with Crippen LogP contribution in [0.5, 0.6) is 0 Å². The van der Waals surface area contributed by atoms with Gasteiger partial charge in [-0.05, 0) is 31.4 Å². The quantitative estimate of drug-likeness (QED) is 0.653. The predicted molar refractivity (Wildman–Crippen MR) is 82.1 cm³/mol. The molecule has 5 heteroatoms. The van der Waals surface area contributed by atoms with Crippen LogP contribution in [0, 0.1) is 0 Å². The van der Waals surface area contributed by atoms with E-state index in [1.807, 2.05) is 36.8 Å². The van der Waals surface area contributed by atoms with Gasteiger partial charge in [-0.1, -0.05) is 12.1 Å². The molecule has 0 fully saturated rings. The lowest BCUT2D eigenvalue weighted by atomic mass is 10.2. The maximum Gasteiger partial charge on any atom is 0.261 e. The summed E-state index contributed by atoms with van der Waals surface area (Å²) in [5.41, 5.74) is 0.814. The molecule has 3 rings (SSSR count). The van der Waals surface area contributed by atoms with E-state index < -0.39 is 0 Å². The molecule has 2 heterocycles. The molecule has 0 aliphatic rings. The van der Waals surface area contributed by atoms with Gasteiger partial charge >= 0.3 is 0 Å². The van der Waals surface area contributed by atoms with Gasteiger partial charge in [-0.3, -0.25) is 9.36 Å². The molecule has 0 unspecified atom stereocenters. The molecule has 0 saturated heterocycles. The first-order valence-corrected chi connectivity index (χ1v) is 7.24. The van der Waals surface area contributed by atoms with E-state index >= 15 is 0 Å². The van der Waals surface area contributed by atoms with E-state index in [0.29, 0.717) is 5.39 Å². The lowest BCUT2D eigenvalue weighted by Gasteiger charge is -2.06. The van der Waals surface area contributed by atoms with Crippen LogP contribution >= 0.6 is 0 Å². The van der Waals surface area contributed by atoms with E-state index in [-0.39, 0.29) is 5.56 Å². The van der Waals surface area contributed by atoms with Crippen molar-refractivity contribution in [3.05, 3.63) is 59.7 Å². The van der Waals surface area contributed by atoms with Gasteiger partial charge in [-0.2, -0.15) is 0 Å². The highest BCUT2D eigenvalue weighted by Crippen LogP contribution is 2.06. The molecule has 0 N–H and O–H groups in total. The van der Waals surface area contributed by atoms with Crippen LogP contribution in [-0.2, 0) is 13.1 Å². The molecule has 2 aromatic heterocycles. The minimum absolute atomic E-state index is 0.0511. The molecule has 0 spiro atoms. The van der Waals surface area contributed by atoms with Gasteiger partial charge in [0.2, 0.25) is 0 Å². The van der Waals surface area contributed by atoms with Crippen LogP contribution in [0.3, 0.4) is 0 Å². The molecule has 108 valence electrons. The normalized spacial score (nSPS) is 11.0. The summed E-state index contributed by atoms with van der Waals surface area (Å²) in [5.74, 6) is 0. The second kappa shape index (κ2) is 6.35. The number of aryl methyl sites for hydroxylation is 2. The molecule has 0 aliphatic carbocycles. The zero-order valence-electron chi connectivity index (χ0n) is 11.9. The molecule has 5 nitrogen and oxygen atoms in total. The summed E-state index contributed by atoms with van der Waals surface area (Å²) in [5, 5.41) is 0.693. The summed E-state index contributed by atoms with van der Waals surface area (Å²) in [4.78, 5) is 20.6. The lowest BCUT2D eigenvalue weighted by molar-refractivity contribution is 0.536. The predicted octanol–water partition coefficient (Wildman–Crippen LogP) is 2.46. The highest BCUT2D eigenvalue weighted by molar-refractivity contribution is 5.76. The van der Waals surface area contributed by atoms with Gasteiger partial charge in [0.1, 0.15) is 0 Å². The van der Waals surface area contributed by atoms with E-state index in [4.69, 9.17) is 0 Å². The second-order valence-electron chi connectivity index (χ2n) is 5.12. The third-order valence-corrected chi connectivity index (χ3v) is 3.61. The van der Waals surface area contributed by atoms with Crippen molar-refractivity contribution in [1.82, 2.24) is 19.1 Å². The standard InChI is InChI=1S/C16H18N4O/c21-16-14-6-2-3-7-15(14)18-13-20(16)10-5-1-4-9-19-11-8-17-12-19/h2-3,6-8,11-13H,1,4-5,9-10H2. The van der Waals surface area contributed by atoms with Crippen LogP contribution in [0.2, 0.25) is 0 Å². The number of fused-ring (bicyclic) bond motifs is 1. The van der Waals surface area contributed by atoms with Crippen molar-refractivity contribution >= 4 is 10.9 Å². The number of hydrogen-bond donors (Lipinski definition) is 0. The molecule has 3 aromatic rings. The van der Waals surface area contributed by atoms with E-state index in [2.05, 4.69) is 14.5 Å². The SMILES string of the molecule is O=c1c2ccccc2ncn1CCCCCn1ccnc1. The molecular formula is C16H18N4O. The van der Waals surface area contributed by atoms with Crippen LogP contribution < -0.4 is 5.56 Å². The fourth-order valence-electron chi connectivity index (χ4n) is 2.44. The molecule has 0 aliphatic heterocycles. The van der Waals surface area contributed by atoms with E-state index in [1.54, 1.807) is 17.1 Å². The van der Waals surface area contributed by atoms with E-state index in [0.717, 1.165) is 37.9 Å².